The van der Waals surface area contributed by atoms with Gasteiger partial charge in [-0.25, -0.2) is 32.2 Å². The summed E-state index contributed by atoms with van der Waals surface area (Å²) in [7, 11) is -9.41. The lowest BCUT2D eigenvalue weighted by Gasteiger charge is -2.38. The molecule has 2 heterocycles. The fourth-order valence-corrected chi connectivity index (χ4v) is 6.94. The van der Waals surface area contributed by atoms with E-state index in [0.29, 0.717) is 25.8 Å². The molecule has 2 aliphatic rings. The standard InChI is InChI=1S/C22H24ClF2N5O9S2/c23-14-1-3-15(4-2-14)39-20-17(24)11-16(12-18(20)25)40(34,35)30-6-5-29(13-19(30)21(31)26-33)41(36,37)27-22(32)28-7-9-38-10-8-28/h1-4,11-12,19,33H,5-10,13H2,(H,26,31)(H,27,32)/t19-/m1/s1. The third kappa shape index (κ3) is 6.85. The van der Waals surface area contributed by atoms with Crippen molar-refractivity contribution in [2.24, 2.45) is 0 Å². The summed E-state index contributed by atoms with van der Waals surface area (Å²) in [4.78, 5) is 25.1. The molecule has 2 fully saturated rings. The van der Waals surface area contributed by atoms with Crippen LogP contribution in [0.4, 0.5) is 13.6 Å². The van der Waals surface area contributed by atoms with Crippen molar-refractivity contribution in [3.8, 4) is 11.5 Å². The van der Waals surface area contributed by atoms with Crippen LogP contribution in [0.5, 0.6) is 11.5 Å². The van der Waals surface area contributed by atoms with Gasteiger partial charge in [-0.2, -0.15) is 17.0 Å². The topological polar surface area (TPSA) is 175 Å². The van der Waals surface area contributed by atoms with Crippen LogP contribution in [0, 0.1) is 11.6 Å². The minimum atomic E-state index is -4.84. The van der Waals surface area contributed by atoms with Gasteiger partial charge >= 0.3 is 16.2 Å². The molecule has 3 amide bonds. The van der Waals surface area contributed by atoms with Crippen molar-refractivity contribution in [2.75, 3.05) is 45.9 Å². The molecule has 19 heteroatoms. The summed E-state index contributed by atoms with van der Waals surface area (Å²) in [6.45, 7) is -1.35. The minimum absolute atomic E-state index is 0.0144. The molecule has 0 spiro atoms. The lowest BCUT2D eigenvalue weighted by atomic mass is 10.2. The smallest absolute Gasteiger partial charge is 0.332 e. The van der Waals surface area contributed by atoms with E-state index in [1.165, 1.54) is 34.6 Å². The Morgan fingerprint density at radius 2 is 1.61 bits per heavy atom. The zero-order valence-corrected chi connectivity index (χ0v) is 23.4. The number of hydrogen-bond donors (Lipinski definition) is 3. The maximum Gasteiger partial charge on any atom is 0.332 e. The normalized spacial score (nSPS) is 19.0. The fourth-order valence-electron chi connectivity index (χ4n) is 4.08. The molecule has 0 unspecified atom stereocenters. The monoisotopic (exact) mass is 639 g/mol. The second-order valence-electron chi connectivity index (χ2n) is 8.75. The van der Waals surface area contributed by atoms with E-state index in [1.54, 1.807) is 0 Å². The van der Waals surface area contributed by atoms with E-state index < -0.39 is 80.1 Å². The summed E-state index contributed by atoms with van der Waals surface area (Å²) in [5.41, 5.74) is 1.26. The van der Waals surface area contributed by atoms with Crippen molar-refractivity contribution in [1.29, 1.82) is 0 Å². The summed E-state index contributed by atoms with van der Waals surface area (Å²) < 4.78 is 95.5. The lowest BCUT2D eigenvalue weighted by molar-refractivity contribution is -0.134. The van der Waals surface area contributed by atoms with Gasteiger partial charge in [-0.15, -0.1) is 0 Å². The number of ether oxygens (including phenoxy) is 2. The summed E-state index contributed by atoms with van der Waals surface area (Å²) in [6, 6.07) is 3.62. The molecular weight excluding hydrogens is 616 g/mol. The Morgan fingerprint density at radius 3 is 2.20 bits per heavy atom. The Bertz CT molecular complexity index is 1500. The van der Waals surface area contributed by atoms with E-state index in [-0.39, 0.29) is 32.1 Å². The highest BCUT2D eigenvalue weighted by atomic mass is 35.5. The van der Waals surface area contributed by atoms with Crippen LogP contribution in [-0.2, 0) is 29.8 Å². The maximum atomic E-state index is 14.9. The molecule has 2 aromatic carbocycles. The van der Waals surface area contributed by atoms with E-state index in [0.717, 1.165) is 0 Å². The Hall–Kier alpha value is -3.13. The summed E-state index contributed by atoms with van der Waals surface area (Å²) >= 11 is 5.77. The quantitative estimate of drug-likeness (QED) is 0.293. The van der Waals surface area contributed by atoms with Crippen LogP contribution in [0.1, 0.15) is 0 Å². The Kier molecular flexibility index (Phi) is 9.32. The first-order valence-corrected chi connectivity index (χ1v) is 15.1. The molecule has 0 aromatic heterocycles. The first-order chi connectivity index (χ1) is 19.3. The van der Waals surface area contributed by atoms with Crippen molar-refractivity contribution < 1.29 is 49.9 Å². The molecule has 2 aromatic rings. The highest BCUT2D eigenvalue weighted by Gasteiger charge is 2.44. The van der Waals surface area contributed by atoms with Gasteiger partial charge in [0.1, 0.15) is 11.8 Å². The summed E-state index contributed by atoms with van der Waals surface area (Å²) in [5.74, 6) is -4.97. The van der Waals surface area contributed by atoms with E-state index in [9.17, 15) is 40.4 Å². The van der Waals surface area contributed by atoms with Gasteiger partial charge in [0.05, 0.1) is 18.1 Å². The molecule has 14 nitrogen and oxygen atoms in total. The van der Waals surface area contributed by atoms with Gasteiger partial charge in [0.25, 0.3) is 5.91 Å². The molecule has 4 rings (SSSR count). The van der Waals surface area contributed by atoms with Crippen LogP contribution in [0.15, 0.2) is 41.3 Å². The number of hydroxylamine groups is 1. The first kappa shape index (κ1) is 30.8. The number of rotatable bonds is 7. The van der Waals surface area contributed by atoms with Gasteiger partial charge in [-0.3, -0.25) is 10.0 Å². The van der Waals surface area contributed by atoms with Crippen molar-refractivity contribution in [2.45, 2.75) is 10.9 Å². The summed E-state index contributed by atoms with van der Waals surface area (Å²) in [5, 5.41) is 9.55. The van der Waals surface area contributed by atoms with Crippen molar-refractivity contribution >= 4 is 43.8 Å². The predicted octanol–water partition coefficient (Wildman–Crippen LogP) is 0.877. The van der Waals surface area contributed by atoms with Gasteiger partial charge < -0.3 is 14.4 Å². The number of nitrogens with zero attached hydrogens (tertiary/aromatic N) is 3. The zero-order chi connectivity index (χ0) is 29.9. The molecule has 0 radical (unpaired) electrons. The number of halogens is 3. The molecule has 1 atom stereocenters. The van der Waals surface area contributed by atoms with E-state index in [1.807, 2.05) is 4.72 Å². The van der Waals surface area contributed by atoms with Gasteiger partial charge in [0.15, 0.2) is 17.4 Å². The second kappa shape index (κ2) is 12.4. The molecule has 2 aliphatic heterocycles. The number of hydrogen-bond acceptors (Lipinski definition) is 9. The Labute approximate surface area is 238 Å². The van der Waals surface area contributed by atoms with Gasteiger partial charge in [0, 0.05) is 37.7 Å². The average Bonchev–Trinajstić information content (AvgIpc) is 2.95. The van der Waals surface area contributed by atoms with Crippen LogP contribution in [0.2, 0.25) is 5.02 Å². The van der Waals surface area contributed by atoms with Crippen molar-refractivity contribution in [3.05, 3.63) is 53.1 Å². The Balaban J connectivity index is 1.56. The highest BCUT2D eigenvalue weighted by molar-refractivity contribution is 7.89. The number of piperazine rings is 1. The second-order valence-corrected chi connectivity index (χ2v) is 12.7. The predicted molar refractivity (Wildman–Crippen MR) is 137 cm³/mol. The van der Waals surface area contributed by atoms with Crippen LogP contribution in [0.3, 0.4) is 0 Å². The molecule has 2 saturated heterocycles. The number of sulfonamides is 1. The lowest BCUT2D eigenvalue weighted by Crippen LogP contribution is -2.63. The average molecular weight is 640 g/mol. The highest BCUT2D eigenvalue weighted by Crippen LogP contribution is 2.32. The molecule has 3 N–H and O–H groups in total. The largest absolute Gasteiger partial charge is 0.451 e. The number of urea groups is 1. The van der Waals surface area contributed by atoms with Crippen LogP contribution in [-0.4, -0.2) is 99.5 Å². The first-order valence-electron chi connectivity index (χ1n) is 11.9. The number of carbonyl (C=O) groups is 2. The van der Waals surface area contributed by atoms with Crippen molar-refractivity contribution in [3.63, 3.8) is 0 Å². The third-order valence-electron chi connectivity index (χ3n) is 6.17. The molecule has 0 saturated carbocycles. The van der Waals surface area contributed by atoms with E-state index in [2.05, 4.69) is 0 Å². The van der Waals surface area contributed by atoms with Gasteiger partial charge in [0.2, 0.25) is 10.0 Å². The number of nitrogens with one attached hydrogen (secondary N) is 2. The zero-order valence-electron chi connectivity index (χ0n) is 21.0. The fraction of sp³-hybridized carbons (Fsp3) is 0.364. The summed E-state index contributed by atoms with van der Waals surface area (Å²) in [6.07, 6.45) is 0. The molecular formula is C22H24ClF2N5O9S2. The molecule has 0 bridgehead atoms. The van der Waals surface area contributed by atoms with Crippen LogP contribution < -0.4 is 14.9 Å². The number of carbonyl (C=O) groups excluding carboxylic acids is 2. The third-order valence-corrected chi connectivity index (χ3v) is 9.76. The number of benzene rings is 2. The minimum Gasteiger partial charge on any atom is -0.451 e. The molecule has 0 aliphatic carbocycles. The van der Waals surface area contributed by atoms with Gasteiger partial charge in [-0.05, 0) is 36.4 Å². The van der Waals surface area contributed by atoms with E-state index in [4.69, 9.17) is 21.1 Å². The van der Waals surface area contributed by atoms with Gasteiger partial charge in [-0.1, -0.05) is 11.6 Å². The van der Waals surface area contributed by atoms with E-state index >= 15 is 0 Å². The molecule has 224 valence electrons. The Morgan fingerprint density at radius 1 is 1.00 bits per heavy atom. The SMILES string of the molecule is O=C(NO)[C@H]1CN(S(=O)(=O)NC(=O)N2CCOCC2)CCN1S(=O)(=O)c1cc(F)c(Oc2ccc(Cl)cc2)c(F)c1. The van der Waals surface area contributed by atoms with Crippen molar-refractivity contribution in [1.82, 2.24) is 23.7 Å². The number of morpholine rings is 1. The molecule has 41 heavy (non-hydrogen) atoms. The van der Waals surface area contributed by atoms with Crippen LogP contribution in [0.25, 0.3) is 0 Å². The van der Waals surface area contributed by atoms with Crippen LogP contribution >= 0.6 is 11.6 Å². The number of amides is 3. The maximum absolute atomic E-state index is 14.9.